The van der Waals surface area contributed by atoms with Crippen LogP contribution in [0.25, 0.3) is 0 Å². The lowest BCUT2D eigenvalue weighted by atomic mass is 10.1. The van der Waals surface area contributed by atoms with Gasteiger partial charge in [0.05, 0.1) is 4.90 Å². The zero-order valence-electron chi connectivity index (χ0n) is 13.9. The Kier molecular flexibility index (Phi) is 6.59. The third kappa shape index (κ3) is 3.85. The Balaban J connectivity index is 0.00000264. The molecule has 2 rings (SSSR count). The van der Waals surface area contributed by atoms with Crippen LogP contribution >= 0.6 is 12.4 Å². The van der Waals surface area contributed by atoms with Crippen molar-refractivity contribution < 1.29 is 13.2 Å². The number of hydrogen-bond acceptors (Lipinski definition) is 4. The van der Waals surface area contributed by atoms with Crippen LogP contribution in [0.3, 0.4) is 0 Å². The van der Waals surface area contributed by atoms with E-state index in [1.165, 1.54) is 18.4 Å². The van der Waals surface area contributed by atoms with Gasteiger partial charge in [-0.05, 0) is 31.2 Å². The second-order valence-corrected chi connectivity index (χ2v) is 7.93. The number of nitrogens with one attached hydrogen (secondary N) is 1. The molecule has 1 aliphatic heterocycles. The number of hydrogen-bond donors (Lipinski definition) is 1. The van der Waals surface area contributed by atoms with Crippen molar-refractivity contribution >= 4 is 34.0 Å². The third-order valence-corrected chi connectivity index (χ3v) is 5.74. The summed E-state index contributed by atoms with van der Waals surface area (Å²) in [6.45, 7) is 3.07. The minimum absolute atomic E-state index is 0. The van der Waals surface area contributed by atoms with Gasteiger partial charge in [0.2, 0.25) is 15.9 Å². The molecule has 6 nitrogen and oxygen atoms in total. The number of rotatable bonds is 5. The Morgan fingerprint density at radius 2 is 2.04 bits per heavy atom. The minimum atomic E-state index is -3.50. The molecule has 130 valence electrons. The number of benzene rings is 1. The number of anilines is 1. The van der Waals surface area contributed by atoms with E-state index in [-0.39, 0.29) is 29.1 Å². The van der Waals surface area contributed by atoms with Gasteiger partial charge in [0.1, 0.15) is 0 Å². The first-order valence-corrected chi connectivity index (χ1v) is 8.74. The van der Waals surface area contributed by atoms with Gasteiger partial charge in [0.25, 0.3) is 0 Å². The average Bonchev–Trinajstić information content (AvgIpc) is 2.89. The van der Waals surface area contributed by atoms with E-state index in [1.807, 2.05) is 20.0 Å². The van der Waals surface area contributed by atoms with Crippen LogP contribution in [0.1, 0.15) is 12.5 Å². The van der Waals surface area contributed by atoms with E-state index in [1.54, 1.807) is 17.0 Å². The average molecular weight is 362 g/mol. The molecular formula is C15H24ClN3O3S. The van der Waals surface area contributed by atoms with Gasteiger partial charge in [-0.1, -0.05) is 13.0 Å². The molecule has 1 N–H and O–H groups in total. The van der Waals surface area contributed by atoms with E-state index >= 15 is 0 Å². The Bertz CT molecular complexity index is 677. The third-order valence-electron chi connectivity index (χ3n) is 3.93. The van der Waals surface area contributed by atoms with Gasteiger partial charge in [-0.3, -0.25) is 4.79 Å². The monoisotopic (exact) mass is 361 g/mol. The second-order valence-electron chi connectivity index (χ2n) is 5.78. The van der Waals surface area contributed by atoms with Gasteiger partial charge in [-0.15, -0.1) is 12.4 Å². The number of carbonyl (C=O) groups is 1. The van der Waals surface area contributed by atoms with E-state index < -0.39 is 10.0 Å². The zero-order chi connectivity index (χ0) is 16.5. The molecule has 1 aromatic rings. The molecule has 0 saturated heterocycles. The van der Waals surface area contributed by atoms with Crippen LogP contribution in [-0.2, 0) is 21.2 Å². The van der Waals surface area contributed by atoms with Crippen molar-refractivity contribution in [3.05, 3.63) is 23.8 Å². The number of halogens is 1. The van der Waals surface area contributed by atoms with Crippen LogP contribution in [-0.4, -0.2) is 52.9 Å². The number of amides is 1. The van der Waals surface area contributed by atoms with Crippen molar-refractivity contribution in [3.63, 3.8) is 0 Å². The first-order chi connectivity index (χ1) is 10.3. The van der Waals surface area contributed by atoms with Gasteiger partial charge in [0.15, 0.2) is 0 Å². The quantitative estimate of drug-likeness (QED) is 0.852. The van der Waals surface area contributed by atoms with Crippen molar-refractivity contribution in [1.29, 1.82) is 0 Å². The Morgan fingerprint density at radius 1 is 1.39 bits per heavy atom. The number of sulfonamides is 1. The second kappa shape index (κ2) is 7.61. The lowest BCUT2D eigenvalue weighted by molar-refractivity contribution is -0.121. The smallest absolute Gasteiger partial charge is 0.242 e. The maximum atomic E-state index is 12.5. The molecule has 1 amide bonds. The van der Waals surface area contributed by atoms with Gasteiger partial charge < -0.3 is 10.2 Å². The molecule has 0 aromatic heterocycles. The number of carbonyl (C=O) groups excluding carboxylic acids is 1. The normalized spacial score (nSPS) is 15.3. The van der Waals surface area contributed by atoms with Crippen LogP contribution < -0.4 is 10.2 Å². The minimum Gasteiger partial charge on any atom is -0.319 e. The summed E-state index contributed by atoms with van der Waals surface area (Å²) in [6, 6.07) is 5.03. The molecule has 1 atom stereocenters. The van der Waals surface area contributed by atoms with Crippen LogP contribution in [0.2, 0.25) is 0 Å². The molecule has 1 aromatic carbocycles. The standard InChI is InChI=1S/C15H23N3O3S.ClH/c1-11(10-16-2)15(19)18-8-7-12-5-6-13(9-14(12)18)22(20,21)17(3)4;/h5-6,9,11,16H,7-8,10H2,1-4H3;1H. The summed E-state index contributed by atoms with van der Waals surface area (Å²) in [5.74, 6) is -0.127. The van der Waals surface area contributed by atoms with Gasteiger partial charge in [0, 0.05) is 38.8 Å². The Morgan fingerprint density at radius 3 is 2.61 bits per heavy atom. The van der Waals surface area contributed by atoms with Crippen molar-refractivity contribution in [1.82, 2.24) is 9.62 Å². The van der Waals surface area contributed by atoms with Crippen LogP contribution in [0.4, 0.5) is 5.69 Å². The maximum Gasteiger partial charge on any atom is 0.242 e. The largest absolute Gasteiger partial charge is 0.319 e. The van der Waals surface area contributed by atoms with E-state index in [0.29, 0.717) is 13.1 Å². The molecular weight excluding hydrogens is 338 g/mol. The fourth-order valence-electron chi connectivity index (χ4n) is 2.62. The SMILES string of the molecule is CNCC(C)C(=O)N1CCc2ccc(S(=O)(=O)N(C)C)cc21.Cl. The molecule has 0 aliphatic carbocycles. The van der Waals surface area contributed by atoms with Crippen molar-refractivity contribution in [2.75, 3.05) is 39.1 Å². The Hall–Kier alpha value is -1.15. The van der Waals surface area contributed by atoms with E-state index in [4.69, 9.17) is 0 Å². The van der Waals surface area contributed by atoms with Gasteiger partial charge in [-0.2, -0.15) is 0 Å². The number of fused-ring (bicyclic) bond motifs is 1. The summed E-state index contributed by atoms with van der Waals surface area (Å²) in [4.78, 5) is 14.4. The van der Waals surface area contributed by atoms with Gasteiger partial charge >= 0.3 is 0 Å². The first-order valence-electron chi connectivity index (χ1n) is 7.30. The topological polar surface area (TPSA) is 69.7 Å². The molecule has 8 heteroatoms. The fourth-order valence-corrected chi connectivity index (χ4v) is 3.54. The highest BCUT2D eigenvalue weighted by molar-refractivity contribution is 7.89. The summed E-state index contributed by atoms with van der Waals surface area (Å²) in [5, 5.41) is 3.00. The summed E-state index contributed by atoms with van der Waals surface area (Å²) in [5.41, 5.74) is 1.73. The van der Waals surface area contributed by atoms with Crippen LogP contribution in [0.15, 0.2) is 23.1 Å². The highest BCUT2D eigenvalue weighted by Gasteiger charge is 2.29. The summed E-state index contributed by atoms with van der Waals surface area (Å²) < 4.78 is 25.7. The van der Waals surface area contributed by atoms with Crippen molar-refractivity contribution in [2.24, 2.45) is 5.92 Å². The van der Waals surface area contributed by atoms with E-state index in [0.717, 1.165) is 17.7 Å². The lowest BCUT2D eigenvalue weighted by Crippen LogP contribution is -2.37. The number of nitrogens with zero attached hydrogens (tertiary/aromatic N) is 2. The molecule has 0 bridgehead atoms. The first kappa shape index (κ1) is 19.9. The fraction of sp³-hybridized carbons (Fsp3) is 0.533. The maximum absolute atomic E-state index is 12.5. The van der Waals surface area contributed by atoms with Crippen molar-refractivity contribution in [2.45, 2.75) is 18.2 Å². The highest BCUT2D eigenvalue weighted by atomic mass is 35.5. The summed E-state index contributed by atoms with van der Waals surface area (Å²) in [6.07, 6.45) is 0.760. The molecule has 0 radical (unpaired) electrons. The molecule has 0 saturated carbocycles. The molecule has 0 spiro atoms. The lowest BCUT2D eigenvalue weighted by Gasteiger charge is -2.22. The zero-order valence-corrected chi connectivity index (χ0v) is 15.5. The predicted molar refractivity (Wildman–Crippen MR) is 93.7 cm³/mol. The Labute approximate surface area is 144 Å². The summed E-state index contributed by atoms with van der Waals surface area (Å²) in [7, 11) is 1.31. The molecule has 1 unspecified atom stereocenters. The molecule has 1 aliphatic rings. The van der Waals surface area contributed by atoms with Crippen molar-refractivity contribution in [3.8, 4) is 0 Å². The molecule has 1 heterocycles. The van der Waals surface area contributed by atoms with E-state index in [9.17, 15) is 13.2 Å². The van der Waals surface area contributed by atoms with Crippen LogP contribution in [0, 0.1) is 5.92 Å². The molecule has 0 fully saturated rings. The van der Waals surface area contributed by atoms with Gasteiger partial charge in [-0.25, -0.2) is 12.7 Å². The highest BCUT2D eigenvalue weighted by Crippen LogP contribution is 2.32. The molecule has 23 heavy (non-hydrogen) atoms. The van der Waals surface area contributed by atoms with Crippen LogP contribution in [0.5, 0.6) is 0 Å². The van der Waals surface area contributed by atoms with E-state index in [2.05, 4.69) is 5.32 Å². The predicted octanol–water partition coefficient (Wildman–Crippen LogP) is 1.10. The summed E-state index contributed by atoms with van der Waals surface area (Å²) >= 11 is 0.